The van der Waals surface area contributed by atoms with Crippen LogP contribution in [0.4, 0.5) is 5.69 Å². The van der Waals surface area contributed by atoms with E-state index in [-0.39, 0.29) is 5.91 Å². The molecule has 1 amide bonds. The van der Waals surface area contributed by atoms with Gasteiger partial charge in [-0.25, -0.2) is 0 Å². The highest BCUT2D eigenvalue weighted by Crippen LogP contribution is 2.26. The first-order chi connectivity index (χ1) is 9.65. The molecule has 2 heterocycles. The van der Waals surface area contributed by atoms with Crippen molar-refractivity contribution >= 4 is 11.6 Å². The number of carbonyl (C=O) groups is 1. The van der Waals surface area contributed by atoms with Crippen LogP contribution < -0.4 is 5.32 Å². The van der Waals surface area contributed by atoms with Crippen LogP contribution in [0.5, 0.6) is 0 Å². The number of hydrogen-bond donors (Lipinski definition) is 1. The van der Waals surface area contributed by atoms with E-state index < -0.39 is 0 Å². The second-order valence-electron chi connectivity index (χ2n) is 5.71. The average molecular weight is 275 g/mol. The Morgan fingerprint density at radius 2 is 2.30 bits per heavy atom. The molecule has 20 heavy (non-hydrogen) atoms. The lowest BCUT2D eigenvalue weighted by atomic mass is 9.91. The summed E-state index contributed by atoms with van der Waals surface area (Å²) >= 11 is 0. The molecule has 1 N–H and O–H groups in total. The number of nitrogens with one attached hydrogen (secondary N) is 1. The standard InChI is InChI=1S/C16H25N3O/c1-4-8-18-15-11-17-9-7-14(15)16(20)19-10-5-6-12(2)13(19)3/h7,9,11-13,18H,4-6,8,10H2,1-3H3. The Kier molecular flexibility index (Phi) is 4.99. The molecule has 0 spiro atoms. The largest absolute Gasteiger partial charge is 0.383 e. The minimum Gasteiger partial charge on any atom is -0.383 e. The van der Waals surface area contributed by atoms with Crippen molar-refractivity contribution in [2.24, 2.45) is 5.92 Å². The van der Waals surface area contributed by atoms with Gasteiger partial charge in [-0.3, -0.25) is 9.78 Å². The Labute approximate surface area is 121 Å². The molecule has 0 saturated carbocycles. The molecule has 1 aliphatic rings. The van der Waals surface area contributed by atoms with Crippen LogP contribution in [0.25, 0.3) is 0 Å². The third-order valence-electron chi connectivity index (χ3n) is 4.25. The predicted octanol–water partition coefficient (Wildman–Crippen LogP) is 3.16. The molecule has 1 saturated heterocycles. The van der Waals surface area contributed by atoms with Crippen LogP contribution in [0.3, 0.4) is 0 Å². The first-order valence-corrected chi connectivity index (χ1v) is 7.64. The summed E-state index contributed by atoms with van der Waals surface area (Å²) in [5.41, 5.74) is 1.60. The van der Waals surface area contributed by atoms with E-state index >= 15 is 0 Å². The monoisotopic (exact) mass is 275 g/mol. The van der Waals surface area contributed by atoms with Crippen LogP contribution in [-0.2, 0) is 0 Å². The summed E-state index contributed by atoms with van der Waals surface area (Å²) in [7, 11) is 0. The van der Waals surface area contributed by atoms with Gasteiger partial charge in [0.25, 0.3) is 5.91 Å². The lowest BCUT2D eigenvalue weighted by molar-refractivity contribution is 0.0552. The number of hydrogen-bond acceptors (Lipinski definition) is 3. The summed E-state index contributed by atoms with van der Waals surface area (Å²) in [4.78, 5) is 18.9. The highest BCUT2D eigenvalue weighted by atomic mass is 16.2. The fourth-order valence-corrected chi connectivity index (χ4v) is 2.76. The third-order valence-corrected chi connectivity index (χ3v) is 4.25. The van der Waals surface area contributed by atoms with Crippen LogP contribution in [0.2, 0.25) is 0 Å². The molecule has 0 radical (unpaired) electrons. The lowest BCUT2D eigenvalue weighted by Gasteiger charge is -2.38. The number of amides is 1. The number of aromatic nitrogens is 1. The molecule has 4 heteroatoms. The normalized spacial score (nSPS) is 22.6. The van der Waals surface area contributed by atoms with Gasteiger partial charge in [0.1, 0.15) is 0 Å². The van der Waals surface area contributed by atoms with E-state index in [0.29, 0.717) is 12.0 Å². The Balaban J connectivity index is 2.19. The summed E-state index contributed by atoms with van der Waals surface area (Å²) in [6.07, 6.45) is 6.78. The Morgan fingerprint density at radius 1 is 1.50 bits per heavy atom. The molecule has 2 atom stereocenters. The van der Waals surface area contributed by atoms with E-state index in [1.165, 1.54) is 6.42 Å². The molecule has 0 aromatic carbocycles. The van der Waals surface area contributed by atoms with Crippen LogP contribution in [0, 0.1) is 5.92 Å². The molecule has 1 aliphatic heterocycles. The number of carbonyl (C=O) groups excluding carboxylic acids is 1. The minimum absolute atomic E-state index is 0.130. The Hall–Kier alpha value is -1.58. The first-order valence-electron chi connectivity index (χ1n) is 7.64. The molecular formula is C16H25N3O. The molecule has 0 aliphatic carbocycles. The minimum atomic E-state index is 0.130. The third kappa shape index (κ3) is 3.11. The summed E-state index contributed by atoms with van der Waals surface area (Å²) in [6.45, 7) is 8.21. The number of pyridine rings is 1. The maximum atomic E-state index is 12.8. The van der Waals surface area contributed by atoms with Gasteiger partial charge in [-0.1, -0.05) is 13.8 Å². The number of likely N-dealkylation sites (tertiary alicyclic amines) is 1. The quantitative estimate of drug-likeness (QED) is 0.918. The maximum absolute atomic E-state index is 12.8. The molecule has 4 nitrogen and oxygen atoms in total. The summed E-state index contributed by atoms with van der Waals surface area (Å²) in [6, 6.07) is 2.13. The number of rotatable bonds is 4. The van der Waals surface area contributed by atoms with Crippen LogP contribution in [-0.4, -0.2) is 34.9 Å². The highest BCUT2D eigenvalue weighted by molar-refractivity contribution is 5.99. The lowest BCUT2D eigenvalue weighted by Crippen LogP contribution is -2.46. The van der Waals surface area contributed by atoms with E-state index in [0.717, 1.165) is 37.2 Å². The second-order valence-corrected chi connectivity index (χ2v) is 5.71. The van der Waals surface area contributed by atoms with Crippen molar-refractivity contribution in [1.82, 2.24) is 9.88 Å². The van der Waals surface area contributed by atoms with E-state index in [2.05, 4.69) is 31.1 Å². The molecule has 0 bridgehead atoms. The molecule has 1 aromatic heterocycles. The first kappa shape index (κ1) is 14.8. The fourth-order valence-electron chi connectivity index (χ4n) is 2.76. The Morgan fingerprint density at radius 3 is 3.05 bits per heavy atom. The van der Waals surface area contributed by atoms with Crippen molar-refractivity contribution < 1.29 is 4.79 Å². The van der Waals surface area contributed by atoms with Crippen molar-refractivity contribution in [2.45, 2.75) is 46.1 Å². The van der Waals surface area contributed by atoms with Crippen LogP contribution in [0.1, 0.15) is 50.4 Å². The van der Waals surface area contributed by atoms with E-state index in [4.69, 9.17) is 0 Å². The Bertz CT molecular complexity index is 461. The average Bonchev–Trinajstić information content (AvgIpc) is 2.47. The SMILES string of the molecule is CCCNc1cnccc1C(=O)N1CCCC(C)C1C. The molecule has 2 unspecified atom stereocenters. The smallest absolute Gasteiger partial charge is 0.256 e. The van der Waals surface area contributed by atoms with Crippen LogP contribution >= 0.6 is 0 Å². The second kappa shape index (κ2) is 6.73. The van der Waals surface area contributed by atoms with Crippen molar-refractivity contribution in [3.05, 3.63) is 24.0 Å². The van der Waals surface area contributed by atoms with Crippen LogP contribution in [0.15, 0.2) is 18.5 Å². The summed E-state index contributed by atoms with van der Waals surface area (Å²) < 4.78 is 0. The number of piperidine rings is 1. The van der Waals surface area contributed by atoms with Crippen molar-refractivity contribution in [3.8, 4) is 0 Å². The maximum Gasteiger partial charge on any atom is 0.256 e. The molecule has 1 fully saturated rings. The zero-order valence-corrected chi connectivity index (χ0v) is 12.7. The number of anilines is 1. The van der Waals surface area contributed by atoms with Gasteiger partial charge < -0.3 is 10.2 Å². The van der Waals surface area contributed by atoms with Crippen molar-refractivity contribution in [3.63, 3.8) is 0 Å². The molecular weight excluding hydrogens is 250 g/mol. The van der Waals surface area contributed by atoms with E-state index in [1.807, 2.05) is 11.0 Å². The topological polar surface area (TPSA) is 45.2 Å². The van der Waals surface area contributed by atoms with Gasteiger partial charge in [-0.15, -0.1) is 0 Å². The van der Waals surface area contributed by atoms with E-state index in [9.17, 15) is 4.79 Å². The van der Waals surface area contributed by atoms with Gasteiger partial charge in [0, 0.05) is 25.3 Å². The summed E-state index contributed by atoms with van der Waals surface area (Å²) in [5.74, 6) is 0.701. The zero-order chi connectivity index (χ0) is 14.5. The van der Waals surface area contributed by atoms with E-state index in [1.54, 1.807) is 12.4 Å². The van der Waals surface area contributed by atoms with Gasteiger partial charge in [-0.05, 0) is 38.2 Å². The van der Waals surface area contributed by atoms with Crippen molar-refractivity contribution in [2.75, 3.05) is 18.4 Å². The molecule has 2 rings (SSSR count). The van der Waals surface area contributed by atoms with Gasteiger partial charge in [-0.2, -0.15) is 0 Å². The fraction of sp³-hybridized carbons (Fsp3) is 0.625. The predicted molar refractivity (Wildman–Crippen MR) is 81.9 cm³/mol. The van der Waals surface area contributed by atoms with Gasteiger partial charge in [0.05, 0.1) is 17.4 Å². The molecule has 1 aromatic rings. The zero-order valence-electron chi connectivity index (χ0n) is 12.7. The van der Waals surface area contributed by atoms with Gasteiger partial charge in [0.2, 0.25) is 0 Å². The number of nitrogens with zero attached hydrogens (tertiary/aromatic N) is 2. The summed E-state index contributed by atoms with van der Waals surface area (Å²) in [5, 5.41) is 3.30. The van der Waals surface area contributed by atoms with Crippen molar-refractivity contribution in [1.29, 1.82) is 0 Å². The van der Waals surface area contributed by atoms with Gasteiger partial charge in [0.15, 0.2) is 0 Å². The molecule has 110 valence electrons. The highest BCUT2D eigenvalue weighted by Gasteiger charge is 2.29. The van der Waals surface area contributed by atoms with Gasteiger partial charge >= 0.3 is 0 Å².